The average molecular weight is 436 g/mol. The van der Waals surface area contributed by atoms with Gasteiger partial charge >= 0.3 is 0 Å². The summed E-state index contributed by atoms with van der Waals surface area (Å²) in [6.45, 7) is 8.19. The monoisotopic (exact) mass is 436 g/mol. The summed E-state index contributed by atoms with van der Waals surface area (Å²) < 4.78 is 0. The van der Waals surface area contributed by atoms with E-state index >= 15 is 0 Å². The number of amides is 1. The molecule has 5 nitrogen and oxygen atoms in total. The molecular formula is C17H33IN4O. The fourth-order valence-electron chi connectivity index (χ4n) is 3.61. The fraction of sp³-hybridized carbons (Fsp3) is 0.882. The van der Waals surface area contributed by atoms with Crippen molar-refractivity contribution >= 4 is 35.8 Å². The summed E-state index contributed by atoms with van der Waals surface area (Å²) >= 11 is 0. The number of carbonyl (C=O) groups is 1. The van der Waals surface area contributed by atoms with E-state index in [2.05, 4.69) is 29.5 Å². The van der Waals surface area contributed by atoms with Crippen LogP contribution in [-0.2, 0) is 4.79 Å². The molecule has 2 fully saturated rings. The van der Waals surface area contributed by atoms with Gasteiger partial charge in [-0.3, -0.25) is 4.79 Å². The topological polar surface area (TPSA) is 56.7 Å². The molecule has 0 aromatic heterocycles. The molecule has 2 N–H and O–H groups in total. The lowest BCUT2D eigenvalue weighted by Gasteiger charge is -2.28. The van der Waals surface area contributed by atoms with Crippen LogP contribution in [0.15, 0.2) is 4.99 Å². The van der Waals surface area contributed by atoms with E-state index in [0.29, 0.717) is 5.41 Å². The Morgan fingerprint density at radius 1 is 1.09 bits per heavy atom. The lowest BCUT2D eigenvalue weighted by Crippen LogP contribution is -2.43. The standard InChI is InChI=1S/C17H32N4O.HI/c1-3-17(9-5-6-10-17)14-20-16(18-4-2)19-13-15(22)21-11-7-8-12-21;/h3-14H2,1-2H3,(H2,18,19,20);1H. The molecule has 1 saturated carbocycles. The molecule has 6 heteroatoms. The van der Waals surface area contributed by atoms with Crippen molar-refractivity contribution < 1.29 is 4.79 Å². The third kappa shape index (κ3) is 6.12. The van der Waals surface area contributed by atoms with Gasteiger partial charge in [-0.2, -0.15) is 0 Å². The predicted octanol–water partition coefficient (Wildman–Crippen LogP) is 2.75. The molecule has 1 aliphatic carbocycles. The molecule has 0 aromatic rings. The highest BCUT2D eigenvalue weighted by Crippen LogP contribution is 2.40. The second kappa shape index (κ2) is 10.4. The van der Waals surface area contributed by atoms with Crippen LogP contribution in [0.5, 0.6) is 0 Å². The number of likely N-dealkylation sites (tertiary alicyclic amines) is 1. The van der Waals surface area contributed by atoms with Crippen molar-refractivity contribution in [3.63, 3.8) is 0 Å². The molecule has 1 amide bonds. The zero-order valence-electron chi connectivity index (χ0n) is 14.7. The van der Waals surface area contributed by atoms with Crippen LogP contribution >= 0.6 is 24.0 Å². The average Bonchev–Trinajstić information content (AvgIpc) is 3.21. The summed E-state index contributed by atoms with van der Waals surface area (Å²) in [6, 6.07) is 0. The quantitative estimate of drug-likeness (QED) is 0.383. The van der Waals surface area contributed by atoms with Crippen LogP contribution in [0.25, 0.3) is 0 Å². The number of hydrogen-bond donors (Lipinski definition) is 2. The Morgan fingerprint density at radius 3 is 2.30 bits per heavy atom. The van der Waals surface area contributed by atoms with E-state index in [1.807, 2.05) is 4.90 Å². The molecule has 134 valence electrons. The van der Waals surface area contributed by atoms with Gasteiger partial charge in [0, 0.05) is 26.2 Å². The predicted molar refractivity (Wildman–Crippen MR) is 106 cm³/mol. The van der Waals surface area contributed by atoms with Gasteiger partial charge in [-0.25, -0.2) is 4.99 Å². The molecule has 1 heterocycles. The summed E-state index contributed by atoms with van der Waals surface area (Å²) in [4.78, 5) is 18.5. The van der Waals surface area contributed by atoms with Gasteiger partial charge < -0.3 is 15.5 Å². The first-order valence-corrected chi connectivity index (χ1v) is 8.99. The molecule has 0 atom stereocenters. The normalized spacial score (nSPS) is 20.3. The van der Waals surface area contributed by atoms with E-state index in [1.165, 1.54) is 32.1 Å². The molecule has 0 radical (unpaired) electrons. The molecule has 1 aliphatic heterocycles. The van der Waals surface area contributed by atoms with Gasteiger partial charge in [-0.15, -0.1) is 24.0 Å². The first-order valence-electron chi connectivity index (χ1n) is 8.99. The fourth-order valence-corrected chi connectivity index (χ4v) is 3.61. The Hall–Kier alpha value is -0.530. The molecular weight excluding hydrogens is 403 g/mol. The smallest absolute Gasteiger partial charge is 0.244 e. The molecule has 0 unspecified atom stereocenters. The van der Waals surface area contributed by atoms with Gasteiger partial charge in [0.2, 0.25) is 5.91 Å². The van der Waals surface area contributed by atoms with Crippen LogP contribution in [0.4, 0.5) is 0 Å². The molecule has 23 heavy (non-hydrogen) atoms. The lowest BCUT2D eigenvalue weighted by molar-refractivity contribution is -0.128. The van der Waals surface area contributed by atoms with Gasteiger partial charge in [0.05, 0.1) is 0 Å². The summed E-state index contributed by atoms with van der Waals surface area (Å²) in [5.74, 6) is 0.940. The Balaban J connectivity index is 0.00000264. The number of aliphatic imine (C=N–C) groups is 1. The van der Waals surface area contributed by atoms with E-state index in [4.69, 9.17) is 0 Å². The van der Waals surface area contributed by atoms with Crippen LogP contribution in [0, 0.1) is 5.41 Å². The Morgan fingerprint density at radius 2 is 1.74 bits per heavy atom. The zero-order chi connectivity index (χ0) is 15.8. The second-order valence-electron chi connectivity index (χ2n) is 6.70. The third-order valence-electron chi connectivity index (χ3n) is 5.22. The molecule has 2 rings (SSSR count). The molecule has 0 bridgehead atoms. The minimum absolute atomic E-state index is 0. The number of hydrogen-bond acceptors (Lipinski definition) is 2. The number of carbonyl (C=O) groups excluding carboxylic acids is 1. The van der Waals surface area contributed by atoms with E-state index in [9.17, 15) is 4.79 Å². The van der Waals surface area contributed by atoms with Crippen LogP contribution in [0.1, 0.15) is 58.8 Å². The molecule has 1 saturated heterocycles. The number of rotatable bonds is 6. The van der Waals surface area contributed by atoms with Crippen LogP contribution in [0.3, 0.4) is 0 Å². The summed E-state index contributed by atoms with van der Waals surface area (Å²) in [6.07, 6.45) is 8.78. The van der Waals surface area contributed by atoms with Crippen molar-refractivity contribution in [1.82, 2.24) is 15.5 Å². The summed E-state index contributed by atoms with van der Waals surface area (Å²) in [5.41, 5.74) is 0.426. The van der Waals surface area contributed by atoms with E-state index < -0.39 is 0 Å². The summed E-state index contributed by atoms with van der Waals surface area (Å²) in [7, 11) is 0. The van der Waals surface area contributed by atoms with E-state index in [-0.39, 0.29) is 36.4 Å². The Kier molecular flexibility index (Phi) is 9.24. The first kappa shape index (κ1) is 20.5. The van der Waals surface area contributed by atoms with Gasteiger partial charge in [0.1, 0.15) is 6.54 Å². The van der Waals surface area contributed by atoms with Gasteiger partial charge in [0.25, 0.3) is 0 Å². The van der Waals surface area contributed by atoms with Crippen LogP contribution in [0.2, 0.25) is 0 Å². The minimum Gasteiger partial charge on any atom is -0.357 e. The minimum atomic E-state index is 0. The number of nitrogens with zero attached hydrogens (tertiary/aromatic N) is 2. The van der Waals surface area contributed by atoms with Crippen molar-refractivity contribution in [1.29, 1.82) is 0 Å². The SMILES string of the molecule is CCNC(=NCC(=O)N1CCCC1)NCC1(CC)CCCC1.I. The largest absolute Gasteiger partial charge is 0.357 e. The van der Waals surface area contributed by atoms with Gasteiger partial charge in [-0.05, 0) is 44.4 Å². The molecule has 2 aliphatic rings. The summed E-state index contributed by atoms with van der Waals surface area (Å²) in [5, 5.41) is 6.73. The Bertz CT molecular complexity index is 388. The maximum atomic E-state index is 12.1. The van der Waals surface area contributed by atoms with Crippen molar-refractivity contribution in [3.05, 3.63) is 0 Å². The van der Waals surface area contributed by atoms with Crippen molar-refractivity contribution in [2.24, 2.45) is 10.4 Å². The third-order valence-corrected chi connectivity index (χ3v) is 5.22. The highest BCUT2D eigenvalue weighted by atomic mass is 127. The van der Waals surface area contributed by atoms with Crippen LogP contribution < -0.4 is 10.6 Å². The second-order valence-corrected chi connectivity index (χ2v) is 6.70. The number of halogens is 1. The van der Waals surface area contributed by atoms with Crippen molar-refractivity contribution in [2.75, 3.05) is 32.7 Å². The first-order chi connectivity index (χ1) is 10.7. The highest BCUT2D eigenvalue weighted by molar-refractivity contribution is 14.0. The van der Waals surface area contributed by atoms with E-state index in [0.717, 1.165) is 45.0 Å². The molecule has 0 spiro atoms. The van der Waals surface area contributed by atoms with E-state index in [1.54, 1.807) is 0 Å². The van der Waals surface area contributed by atoms with Crippen molar-refractivity contribution in [3.8, 4) is 0 Å². The number of guanidine groups is 1. The maximum absolute atomic E-state index is 12.1. The lowest BCUT2D eigenvalue weighted by atomic mass is 9.83. The number of nitrogens with one attached hydrogen (secondary N) is 2. The highest BCUT2D eigenvalue weighted by Gasteiger charge is 2.31. The Labute approximate surface area is 158 Å². The van der Waals surface area contributed by atoms with Gasteiger partial charge in [-0.1, -0.05) is 19.8 Å². The molecule has 0 aromatic carbocycles. The van der Waals surface area contributed by atoms with Crippen molar-refractivity contribution in [2.45, 2.75) is 58.8 Å². The van der Waals surface area contributed by atoms with Crippen LogP contribution in [-0.4, -0.2) is 49.5 Å². The maximum Gasteiger partial charge on any atom is 0.244 e. The van der Waals surface area contributed by atoms with Gasteiger partial charge in [0.15, 0.2) is 5.96 Å². The zero-order valence-corrected chi connectivity index (χ0v) is 17.0.